The van der Waals surface area contributed by atoms with Crippen LogP contribution >= 0.6 is 0 Å². The van der Waals surface area contributed by atoms with Gasteiger partial charge in [0.05, 0.1) is 12.0 Å². The molecule has 2 heterocycles. The molecule has 1 atom stereocenters. The Kier molecular flexibility index (Phi) is 2.48. The summed E-state index contributed by atoms with van der Waals surface area (Å²) in [5.41, 5.74) is 2.97. The van der Waals surface area contributed by atoms with Gasteiger partial charge in [0.2, 0.25) is 0 Å². The Morgan fingerprint density at radius 2 is 2.35 bits per heavy atom. The molecule has 86 valence electrons. The van der Waals surface area contributed by atoms with Crippen molar-refractivity contribution in [2.45, 2.75) is 25.2 Å². The molecule has 0 amide bonds. The number of nitrogens with one attached hydrogen (secondary N) is 1. The maximum absolute atomic E-state index is 11.8. The Morgan fingerprint density at radius 1 is 1.41 bits per heavy atom. The van der Waals surface area contributed by atoms with Crippen LogP contribution in [0.15, 0.2) is 35.6 Å². The molecule has 0 fully saturated rings. The number of pyridine rings is 1. The number of hydrogen-bond donors (Lipinski definition) is 1. The quantitative estimate of drug-likeness (QED) is 0.805. The van der Waals surface area contributed by atoms with Gasteiger partial charge in [0.25, 0.3) is 5.56 Å². The minimum atomic E-state index is -0.0523. The highest BCUT2D eigenvalue weighted by Gasteiger charge is 2.24. The van der Waals surface area contributed by atoms with E-state index in [1.165, 1.54) is 11.9 Å². The molecule has 0 spiro atoms. The van der Waals surface area contributed by atoms with Gasteiger partial charge in [0.15, 0.2) is 0 Å². The van der Waals surface area contributed by atoms with Crippen LogP contribution in [0.5, 0.6) is 0 Å². The molecule has 0 radical (unpaired) electrons. The van der Waals surface area contributed by atoms with Gasteiger partial charge in [-0.15, -0.1) is 0 Å². The summed E-state index contributed by atoms with van der Waals surface area (Å²) in [6.07, 6.45) is 8.00. The van der Waals surface area contributed by atoms with E-state index in [0.29, 0.717) is 0 Å². The third-order valence-electron chi connectivity index (χ3n) is 3.32. The number of aryl methyl sites for hydroxylation is 1. The predicted octanol–water partition coefficient (Wildman–Crippen LogP) is 1.63. The molecule has 1 aliphatic carbocycles. The Morgan fingerprint density at radius 3 is 3.24 bits per heavy atom. The summed E-state index contributed by atoms with van der Waals surface area (Å²) in [5, 5.41) is 0. The molecule has 0 saturated heterocycles. The number of nitrogens with zero attached hydrogens (tertiary/aromatic N) is 2. The van der Waals surface area contributed by atoms with Crippen molar-refractivity contribution in [3.63, 3.8) is 0 Å². The Bertz CT molecular complexity index is 591. The lowest BCUT2D eigenvalue weighted by Gasteiger charge is -2.23. The second-order valence-electron chi connectivity index (χ2n) is 4.33. The van der Waals surface area contributed by atoms with Gasteiger partial charge in [-0.1, -0.05) is 6.07 Å². The van der Waals surface area contributed by atoms with E-state index in [9.17, 15) is 4.79 Å². The lowest BCUT2D eigenvalue weighted by molar-refractivity contribution is 0.592. The molecule has 1 N–H and O–H groups in total. The third kappa shape index (κ3) is 1.75. The zero-order valence-electron chi connectivity index (χ0n) is 9.39. The number of hydrogen-bond acceptors (Lipinski definition) is 3. The number of aromatic nitrogens is 3. The van der Waals surface area contributed by atoms with Gasteiger partial charge in [-0.25, -0.2) is 4.98 Å². The zero-order valence-corrected chi connectivity index (χ0v) is 9.39. The third-order valence-corrected chi connectivity index (χ3v) is 3.32. The highest BCUT2D eigenvalue weighted by atomic mass is 16.1. The summed E-state index contributed by atoms with van der Waals surface area (Å²) in [4.78, 5) is 22.9. The summed E-state index contributed by atoms with van der Waals surface area (Å²) in [6, 6.07) is 4.05. The standard InChI is InChI=1S/C13H13N3O/c17-13-11(7-14-8-16-13)10-5-1-3-9-4-2-6-15-12(9)10/h2,4,6-8,10H,1,3,5H2,(H,14,16,17). The average Bonchev–Trinajstić information content (AvgIpc) is 2.39. The van der Waals surface area contributed by atoms with Crippen LogP contribution in [0.4, 0.5) is 0 Å². The smallest absolute Gasteiger partial charge is 0.254 e. The summed E-state index contributed by atoms with van der Waals surface area (Å²) < 4.78 is 0. The second-order valence-corrected chi connectivity index (χ2v) is 4.33. The van der Waals surface area contributed by atoms with Crippen molar-refractivity contribution < 1.29 is 0 Å². The van der Waals surface area contributed by atoms with Crippen LogP contribution in [0.25, 0.3) is 0 Å². The second kappa shape index (κ2) is 4.13. The lowest BCUT2D eigenvalue weighted by Crippen LogP contribution is -2.21. The summed E-state index contributed by atoms with van der Waals surface area (Å²) in [5.74, 6) is 0.0948. The van der Waals surface area contributed by atoms with Crippen LogP contribution in [-0.2, 0) is 6.42 Å². The van der Waals surface area contributed by atoms with Gasteiger partial charge in [-0.2, -0.15) is 0 Å². The maximum Gasteiger partial charge on any atom is 0.254 e. The van der Waals surface area contributed by atoms with E-state index in [2.05, 4.69) is 21.0 Å². The van der Waals surface area contributed by atoms with Crippen molar-refractivity contribution in [2.75, 3.05) is 0 Å². The average molecular weight is 227 g/mol. The fourth-order valence-electron chi connectivity index (χ4n) is 2.52. The fourth-order valence-corrected chi connectivity index (χ4v) is 2.52. The van der Waals surface area contributed by atoms with E-state index in [1.807, 2.05) is 6.07 Å². The molecule has 2 aromatic rings. The van der Waals surface area contributed by atoms with Crippen molar-refractivity contribution in [2.24, 2.45) is 0 Å². The first-order valence-electron chi connectivity index (χ1n) is 5.82. The van der Waals surface area contributed by atoms with Crippen molar-refractivity contribution in [3.05, 3.63) is 58.0 Å². The monoisotopic (exact) mass is 227 g/mol. The molecule has 17 heavy (non-hydrogen) atoms. The van der Waals surface area contributed by atoms with Crippen molar-refractivity contribution in [1.29, 1.82) is 0 Å². The highest BCUT2D eigenvalue weighted by Crippen LogP contribution is 2.33. The molecule has 3 rings (SSSR count). The molecule has 0 bridgehead atoms. The van der Waals surface area contributed by atoms with E-state index < -0.39 is 0 Å². The first kappa shape index (κ1) is 10.2. The molecule has 0 saturated carbocycles. The Hall–Kier alpha value is -1.97. The van der Waals surface area contributed by atoms with E-state index in [1.54, 1.807) is 12.4 Å². The predicted molar refractivity (Wildman–Crippen MR) is 63.9 cm³/mol. The number of H-pyrrole nitrogens is 1. The van der Waals surface area contributed by atoms with Gasteiger partial charge >= 0.3 is 0 Å². The van der Waals surface area contributed by atoms with E-state index >= 15 is 0 Å². The number of aromatic amines is 1. The molecule has 4 heteroatoms. The number of rotatable bonds is 1. The molecule has 1 aliphatic rings. The van der Waals surface area contributed by atoms with Crippen LogP contribution in [-0.4, -0.2) is 15.0 Å². The molecule has 2 aromatic heterocycles. The fraction of sp³-hybridized carbons (Fsp3) is 0.308. The first-order valence-corrected chi connectivity index (χ1v) is 5.82. The highest BCUT2D eigenvalue weighted by molar-refractivity contribution is 5.33. The van der Waals surface area contributed by atoms with Gasteiger partial charge in [-0.3, -0.25) is 9.78 Å². The van der Waals surface area contributed by atoms with Crippen LogP contribution in [0.1, 0.15) is 35.6 Å². The van der Waals surface area contributed by atoms with E-state index in [4.69, 9.17) is 0 Å². The van der Waals surface area contributed by atoms with Crippen molar-refractivity contribution in [1.82, 2.24) is 15.0 Å². The molecule has 4 nitrogen and oxygen atoms in total. The summed E-state index contributed by atoms with van der Waals surface area (Å²) in [7, 11) is 0. The molecular formula is C13H13N3O. The number of fused-ring (bicyclic) bond motifs is 1. The molecule has 1 unspecified atom stereocenters. The molecular weight excluding hydrogens is 214 g/mol. The topological polar surface area (TPSA) is 58.6 Å². The zero-order chi connectivity index (χ0) is 11.7. The molecule has 0 aromatic carbocycles. The van der Waals surface area contributed by atoms with E-state index in [-0.39, 0.29) is 11.5 Å². The van der Waals surface area contributed by atoms with Crippen molar-refractivity contribution in [3.8, 4) is 0 Å². The van der Waals surface area contributed by atoms with Crippen LogP contribution in [0, 0.1) is 0 Å². The largest absolute Gasteiger partial charge is 0.313 e. The van der Waals surface area contributed by atoms with E-state index in [0.717, 1.165) is 30.5 Å². The first-order chi connectivity index (χ1) is 8.36. The maximum atomic E-state index is 11.8. The van der Waals surface area contributed by atoms with Gasteiger partial charge in [0, 0.05) is 23.9 Å². The minimum Gasteiger partial charge on any atom is -0.313 e. The molecule has 0 aliphatic heterocycles. The Balaban J connectivity index is 2.13. The lowest BCUT2D eigenvalue weighted by atomic mass is 9.83. The Labute approximate surface area is 98.8 Å². The SMILES string of the molecule is O=c1[nH]cncc1C1CCCc2cccnc21. The van der Waals surface area contributed by atoms with Crippen LogP contribution < -0.4 is 5.56 Å². The normalized spacial score (nSPS) is 18.7. The van der Waals surface area contributed by atoms with Crippen LogP contribution in [0.3, 0.4) is 0 Å². The van der Waals surface area contributed by atoms with Gasteiger partial charge in [-0.05, 0) is 30.9 Å². The minimum absolute atomic E-state index is 0.0523. The van der Waals surface area contributed by atoms with Crippen LogP contribution in [0.2, 0.25) is 0 Å². The summed E-state index contributed by atoms with van der Waals surface area (Å²) in [6.45, 7) is 0. The van der Waals surface area contributed by atoms with Gasteiger partial charge in [0.1, 0.15) is 0 Å². The van der Waals surface area contributed by atoms with Gasteiger partial charge < -0.3 is 4.98 Å². The van der Waals surface area contributed by atoms with Crippen molar-refractivity contribution >= 4 is 0 Å². The summed E-state index contributed by atoms with van der Waals surface area (Å²) >= 11 is 0.